The number of rotatable bonds is 2. The first-order valence-electron chi connectivity index (χ1n) is 7.12. The summed E-state index contributed by atoms with van der Waals surface area (Å²) in [5.41, 5.74) is 2.61. The van der Waals surface area contributed by atoms with Crippen LogP contribution in [-0.2, 0) is 9.47 Å². The smallest absolute Gasteiger partial charge is 0.0668 e. The normalized spacial score (nSPS) is 24.6. The van der Waals surface area contributed by atoms with Gasteiger partial charge in [0.15, 0.2) is 0 Å². The molecular weight excluding hydrogens is 240 g/mol. The van der Waals surface area contributed by atoms with E-state index in [4.69, 9.17) is 9.47 Å². The van der Waals surface area contributed by atoms with E-state index in [9.17, 15) is 0 Å². The first-order valence-corrected chi connectivity index (χ1v) is 7.12. The molecule has 0 amide bonds. The highest BCUT2D eigenvalue weighted by molar-refractivity contribution is 5.60. The second kappa shape index (κ2) is 5.80. The molecule has 2 saturated heterocycles. The van der Waals surface area contributed by atoms with Gasteiger partial charge in [0.1, 0.15) is 0 Å². The van der Waals surface area contributed by atoms with Crippen molar-refractivity contribution in [2.45, 2.75) is 13.0 Å². The van der Waals surface area contributed by atoms with Gasteiger partial charge in [0, 0.05) is 37.1 Å². The lowest BCUT2D eigenvalue weighted by atomic mass is 10.2. The molecule has 0 N–H and O–H groups in total. The Morgan fingerprint density at radius 3 is 2.53 bits per heavy atom. The van der Waals surface area contributed by atoms with E-state index in [0.29, 0.717) is 6.04 Å². The molecule has 0 bridgehead atoms. The van der Waals surface area contributed by atoms with Gasteiger partial charge < -0.3 is 19.3 Å². The zero-order chi connectivity index (χ0) is 13.1. The van der Waals surface area contributed by atoms with Crippen LogP contribution >= 0.6 is 0 Å². The molecule has 0 spiro atoms. The van der Waals surface area contributed by atoms with Gasteiger partial charge in [0.05, 0.1) is 26.4 Å². The van der Waals surface area contributed by atoms with E-state index in [1.165, 1.54) is 11.4 Å². The Labute approximate surface area is 114 Å². The fraction of sp³-hybridized carbons (Fsp3) is 0.600. The van der Waals surface area contributed by atoms with Crippen molar-refractivity contribution < 1.29 is 9.47 Å². The topological polar surface area (TPSA) is 24.9 Å². The van der Waals surface area contributed by atoms with Crippen LogP contribution in [-0.4, -0.2) is 52.1 Å². The molecule has 0 aliphatic carbocycles. The van der Waals surface area contributed by atoms with Gasteiger partial charge in [-0.25, -0.2) is 0 Å². The lowest BCUT2D eigenvalue weighted by molar-refractivity contribution is 0.0989. The highest BCUT2D eigenvalue weighted by Gasteiger charge is 2.20. The minimum Gasteiger partial charge on any atom is -0.378 e. The molecule has 2 aliphatic heterocycles. The van der Waals surface area contributed by atoms with E-state index in [1.54, 1.807) is 0 Å². The molecule has 1 aromatic carbocycles. The first-order chi connectivity index (χ1) is 9.34. The van der Waals surface area contributed by atoms with Crippen molar-refractivity contribution in [3.05, 3.63) is 24.3 Å². The van der Waals surface area contributed by atoms with Crippen LogP contribution in [0.15, 0.2) is 24.3 Å². The van der Waals surface area contributed by atoms with Gasteiger partial charge in [-0.15, -0.1) is 0 Å². The molecule has 0 unspecified atom stereocenters. The fourth-order valence-electron chi connectivity index (χ4n) is 2.80. The molecular formula is C15H22N2O2. The van der Waals surface area contributed by atoms with Crippen LogP contribution in [0.25, 0.3) is 0 Å². The van der Waals surface area contributed by atoms with Crippen molar-refractivity contribution in [2.24, 2.45) is 0 Å². The molecule has 0 aromatic heterocycles. The summed E-state index contributed by atoms with van der Waals surface area (Å²) in [5.74, 6) is 0. The first kappa shape index (κ1) is 12.8. The molecule has 1 atom stereocenters. The second-order valence-corrected chi connectivity index (χ2v) is 5.24. The van der Waals surface area contributed by atoms with E-state index < -0.39 is 0 Å². The molecule has 2 heterocycles. The third-order valence-electron chi connectivity index (χ3n) is 3.91. The van der Waals surface area contributed by atoms with Crippen molar-refractivity contribution in [3.8, 4) is 0 Å². The van der Waals surface area contributed by atoms with E-state index >= 15 is 0 Å². The van der Waals surface area contributed by atoms with Gasteiger partial charge >= 0.3 is 0 Å². The second-order valence-electron chi connectivity index (χ2n) is 5.24. The summed E-state index contributed by atoms with van der Waals surface area (Å²) in [5, 5.41) is 0. The third kappa shape index (κ3) is 2.85. The minimum atomic E-state index is 0.452. The highest BCUT2D eigenvalue weighted by atomic mass is 16.5. The number of ether oxygens (including phenoxy) is 2. The quantitative estimate of drug-likeness (QED) is 0.810. The van der Waals surface area contributed by atoms with Gasteiger partial charge in [0.2, 0.25) is 0 Å². The van der Waals surface area contributed by atoms with Crippen LogP contribution in [0.4, 0.5) is 11.4 Å². The number of anilines is 2. The average Bonchev–Trinajstić information content (AvgIpc) is 2.49. The molecule has 4 heteroatoms. The lowest BCUT2D eigenvalue weighted by Gasteiger charge is -2.36. The van der Waals surface area contributed by atoms with Crippen molar-refractivity contribution in [2.75, 3.05) is 55.9 Å². The molecule has 4 nitrogen and oxygen atoms in total. The maximum atomic E-state index is 5.51. The van der Waals surface area contributed by atoms with Crippen LogP contribution in [0.2, 0.25) is 0 Å². The molecule has 0 saturated carbocycles. The molecule has 19 heavy (non-hydrogen) atoms. The Bertz CT molecular complexity index is 418. The monoisotopic (exact) mass is 262 g/mol. The number of nitrogens with zero attached hydrogens (tertiary/aromatic N) is 2. The van der Waals surface area contributed by atoms with Crippen molar-refractivity contribution >= 4 is 11.4 Å². The van der Waals surface area contributed by atoms with Crippen molar-refractivity contribution in [1.29, 1.82) is 0 Å². The maximum Gasteiger partial charge on any atom is 0.0668 e. The van der Waals surface area contributed by atoms with Crippen LogP contribution in [0.3, 0.4) is 0 Å². The SMILES string of the molecule is C[C@@H]1COCCN1c1cccc(N2CCOCC2)c1. The van der Waals surface area contributed by atoms with Crippen LogP contribution < -0.4 is 9.80 Å². The van der Waals surface area contributed by atoms with Crippen LogP contribution in [0.5, 0.6) is 0 Å². The molecule has 2 fully saturated rings. The van der Waals surface area contributed by atoms with Crippen LogP contribution in [0, 0.1) is 0 Å². The Kier molecular flexibility index (Phi) is 3.89. The predicted octanol–water partition coefficient (Wildman–Crippen LogP) is 1.75. The Balaban J connectivity index is 1.78. The van der Waals surface area contributed by atoms with E-state index in [1.807, 2.05) is 0 Å². The van der Waals surface area contributed by atoms with Crippen LogP contribution in [0.1, 0.15) is 6.92 Å². The summed E-state index contributed by atoms with van der Waals surface area (Å²) in [6.07, 6.45) is 0. The van der Waals surface area contributed by atoms with Gasteiger partial charge in [-0.1, -0.05) is 6.07 Å². The summed E-state index contributed by atoms with van der Waals surface area (Å²) in [6.45, 7) is 8.49. The zero-order valence-electron chi connectivity index (χ0n) is 11.5. The largest absolute Gasteiger partial charge is 0.378 e. The zero-order valence-corrected chi connectivity index (χ0v) is 11.5. The Hall–Kier alpha value is -1.26. The summed E-state index contributed by atoms with van der Waals surface area (Å²) in [7, 11) is 0. The Morgan fingerprint density at radius 1 is 1.00 bits per heavy atom. The maximum absolute atomic E-state index is 5.51. The Morgan fingerprint density at radius 2 is 1.74 bits per heavy atom. The van der Waals surface area contributed by atoms with E-state index in [2.05, 4.69) is 41.0 Å². The average molecular weight is 262 g/mol. The minimum absolute atomic E-state index is 0.452. The van der Waals surface area contributed by atoms with Gasteiger partial charge in [-0.05, 0) is 25.1 Å². The predicted molar refractivity (Wildman–Crippen MR) is 77.1 cm³/mol. The summed E-state index contributed by atoms with van der Waals surface area (Å²) in [4.78, 5) is 4.84. The molecule has 0 radical (unpaired) electrons. The number of benzene rings is 1. The standard InChI is InChI=1S/C15H22N2O2/c1-13-12-19-10-7-17(13)15-4-2-3-14(11-15)16-5-8-18-9-6-16/h2-4,11,13H,5-10,12H2,1H3/t13-/m1/s1. The summed E-state index contributed by atoms with van der Waals surface area (Å²) < 4.78 is 10.9. The highest BCUT2D eigenvalue weighted by Crippen LogP contribution is 2.25. The number of morpholine rings is 2. The molecule has 3 rings (SSSR count). The summed E-state index contributed by atoms with van der Waals surface area (Å²) >= 11 is 0. The van der Waals surface area contributed by atoms with E-state index in [0.717, 1.165) is 46.1 Å². The van der Waals surface area contributed by atoms with Gasteiger partial charge in [-0.3, -0.25) is 0 Å². The van der Waals surface area contributed by atoms with E-state index in [-0.39, 0.29) is 0 Å². The lowest BCUT2D eigenvalue weighted by Crippen LogP contribution is -2.43. The molecule has 104 valence electrons. The van der Waals surface area contributed by atoms with Gasteiger partial charge in [-0.2, -0.15) is 0 Å². The van der Waals surface area contributed by atoms with Gasteiger partial charge in [0.25, 0.3) is 0 Å². The van der Waals surface area contributed by atoms with Crippen molar-refractivity contribution in [1.82, 2.24) is 0 Å². The third-order valence-corrected chi connectivity index (χ3v) is 3.91. The summed E-state index contributed by atoms with van der Waals surface area (Å²) in [6, 6.07) is 9.30. The fourth-order valence-corrected chi connectivity index (χ4v) is 2.80. The molecule has 1 aromatic rings. The number of hydrogen-bond donors (Lipinski definition) is 0. The molecule has 2 aliphatic rings. The van der Waals surface area contributed by atoms with Crippen molar-refractivity contribution in [3.63, 3.8) is 0 Å². The number of hydrogen-bond acceptors (Lipinski definition) is 4.